The fraction of sp³-hybridized carbons (Fsp3) is 0.818. The fourth-order valence-corrected chi connectivity index (χ4v) is 1.54. The highest BCUT2D eigenvalue weighted by molar-refractivity contribution is 7.98. The SMILES string of the molecule is CSCC(C)NCC(=O)CO/N=C/C(C)C. The second-order valence-electron chi connectivity index (χ2n) is 4.05. The number of oxime groups is 1. The zero-order valence-corrected chi connectivity index (χ0v) is 11.3. The standard InChI is InChI=1S/C11H22N2O2S/c1-9(2)5-13-15-7-11(14)6-12-10(3)8-16-4/h5,9-10,12H,6-8H2,1-4H3/b13-5+. The molecule has 4 nitrogen and oxygen atoms in total. The summed E-state index contributed by atoms with van der Waals surface area (Å²) in [5.41, 5.74) is 0. The van der Waals surface area contributed by atoms with Crippen molar-refractivity contribution >= 4 is 23.8 Å². The number of rotatable bonds is 9. The molecule has 0 aliphatic carbocycles. The van der Waals surface area contributed by atoms with Gasteiger partial charge in [-0.15, -0.1) is 0 Å². The molecule has 1 unspecified atom stereocenters. The van der Waals surface area contributed by atoms with Crippen molar-refractivity contribution in [3.05, 3.63) is 0 Å². The third-order valence-electron chi connectivity index (χ3n) is 1.72. The Morgan fingerprint density at radius 1 is 1.50 bits per heavy atom. The highest BCUT2D eigenvalue weighted by Crippen LogP contribution is 1.95. The molecular weight excluding hydrogens is 224 g/mol. The van der Waals surface area contributed by atoms with Crippen molar-refractivity contribution in [3.8, 4) is 0 Å². The van der Waals surface area contributed by atoms with Gasteiger partial charge in [-0.3, -0.25) is 4.79 Å². The monoisotopic (exact) mass is 246 g/mol. The van der Waals surface area contributed by atoms with Crippen LogP contribution in [0.5, 0.6) is 0 Å². The van der Waals surface area contributed by atoms with Gasteiger partial charge in [0.25, 0.3) is 0 Å². The Morgan fingerprint density at radius 2 is 2.19 bits per heavy atom. The Morgan fingerprint density at radius 3 is 2.75 bits per heavy atom. The molecule has 0 aliphatic heterocycles. The van der Waals surface area contributed by atoms with Gasteiger partial charge >= 0.3 is 0 Å². The molecule has 0 aromatic heterocycles. The van der Waals surface area contributed by atoms with Gasteiger partial charge in [0, 0.05) is 18.0 Å². The Kier molecular flexibility index (Phi) is 9.33. The van der Waals surface area contributed by atoms with Crippen molar-refractivity contribution in [3.63, 3.8) is 0 Å². The normalized spacial score (nSPS) is 13.3. The molecule has 0 saturated heterocycles. The van der Waals surface area contributed by atoms with E-state index in [4.69, 9.17) is 4.84 Å². The second-order valence-corrected chi connectivity index (χ2v) is 4.96. The summed E-state index contributed by atoms with van der Waals surface area (Å²) in [5.74, 6) is 1.36. The van der Waals surface area contributed by atoms with Gasteiger partial charge in [0.05, 0.1) is 6.54 Å². The predicted molar refractivity (Wildman–Crippen MR) is 70.1 cm³/mol. The van der Waals surface area contributed by atoms with Crippen LogP contribution >= 0.6 is 11.8 Å². The van der Waals surface area contributed by atoms with E-state index in [1.807, 2.05) is 20.1 Å². The first-order valence-corrected chi connectivity index (χ1v) is 6.85. The van der Waals surface area contributed by atoms with E-state index < -0.39 is 0 Å². The zero-order valence-electron chi connectivity index (χ0n) is 10.5. The summed E-state index contributed by atoms with van der Waals surface area (Å²) >= 11 is 1.76. The van der Waals surface area contributed by atoms with Crippen LogP contribution in [-0.4, -0.2) is 43.2 Å². The smallest absolute Gasteiger partial charge is 0.186 e. The lowest BCUT2D eigenvalue weighted by atomic mass is 10.3. The average molecular weight is 246 g/mol. The predicted octanol–water partition coefficient (Wildman–Crippen LogP) is 1.55. The molecular formula is C11H22N2O2S. The lowest BCUT2D eigenvalue weighted by molar-refractivity contribution is -0.122. The van der Waals surface area contributed by atoms with Crippen LogP contribution in [0.4, 0.5) is 0 Å². The highest BCUT2D eigenvalue weighted by Gasteiger charge is 2.05. The van der Waals surface area contributed by atoms with E-state index in [1.165, 1.54) is 0 Å². The Bertz CT molecular complexity index is 220. The molecule has 94 valence electrons. The minimum absolute atomic E-state index is 0.0221. The maximum atomic E-state index is 11.3. The first kappa shape index (κ1) is 15.4. The van der Waals surface area contributed by atoms with Gasteiger partial charge in [0.2, 0.25) is 0 Å². The minimum Gasteiger partial charge on any atom is -0.388 e. The molecule has 1 atom stereocenters. The summed E-state index contributed by atoms with van der Waals surface area (Å²) in [6, 6.07) is 0.345. The van der Waals surface area contributed by atoms with Crippen LogP contribution in [0.15, 0.2) is 5.16 Å². The average Bonchev–Trinajstić information content (AvgIpc) is 2.22. The van der Waals surface area contributed by atoms with E-state index in [0.717, 1.165) is 5.75 Å². The van der Waals surface area contributed by atoms with Crippen LogP contribution in [0, 0.1) is 5.92 Å². The first-order chi connectivity index (χ1) is 7.56. The number of hydrogen-bond donors (Lipinski definition) is 1. The summed E-state index contributed by atoms with van der Waals surface area (Å²) in [5, 5.41) is 6.83. The molecule has 0 heterocycles. The van der Waals surface area contributed by atoms with Crippen molar-refractivity contribution in [2.75, 3.05) is 25.2 Å². The molecule has 0 aliphatic rings. The molecule has 0 aromatic carbocycles. The van der Waals surface area contributed by atoms with Crippen LogP contribution < -0.4 is 5.32 Å². The van der Waals surface area contributed by atoms with Crippen molar-refractivity contribution < 1.29 is 9.63 Å². The Hall–Kier alpha value is -0.550. The maximum absolute atomic E-state index is 11.3. The lowest BCUT2D eigenvalue weighted by Crippen LogP contribution is -2.34. The van der Waals surface area contributed by atoms with E-state index in [0.29, 0.717) is 18.5 Å². The topological polar surface area (TPSA) is 50.7 Å². The number of ketones is 1. The van der Waals surface area contributed by atoms with Gasteiger partial charge in [0.15, 0.2) is 12.4 Å². The van der Waals surface area contributed by atoms with Crippen molar-refractivity contribution in [2.45, 2.75) is 26.8 Å². The quantitative estimate of drug-likeness (QED) is 0.495. The summed E-state index contributed by atoms with van der Waals surface area (Å²) in [7, 11) is 0. The molecule has 0 aromatic rings. The third kappa shape index (κ3) is 9.98. The van der Waals surface area contributed by atoms with Crippen LogP contribution in [0.2, 0.25) is 0 Å². The minimum atomic E-state index is 0.0221. The van der Waals surface area contributed by atoms with Crippen LogP contribution in [0.3, 0.4) is 0 Å². The van der Waals surface area contributed by atoms with Crippen LogP contribution in [-0.2, 0) is 9.63 Å². The van der Waals surface area contributed by atoms with Gasteiger partial charge in [-0.05, 0) is 19.1 Å². The molecule has 1 N–H and O–H groups in total. The maximum Gasteiger partial charge on any atom is 0.186 e. The number of hydrogen-bond acceptors (Lipinski definition) is 5. The molecule has 5 heteroatoms. The summed E-state index contributed by atoms with van der Waals surface area (Å²) in [6.45, 7) is 6.45. The van der Waals surface area contributed by atoms with Gasteiger partial charge in [-0.1, -0.05) is 19.0 Å². The molecule has 0 amide bonds. The van der Waals surface area contributed by atoms with Gasteiger partial charge in [0.1, 0.15) is 0 Å². The summed E-state index contributed by atoms with van der Waals surface area (Å²) in [6.07, 6.45) is 3.72. The molecule has 0 spiro atoms. The molecule has 16 heavy (non-hydrogen) atoms. The number of Topliss-reactive ketones (excluding diaryl/α,β-unsaturated/α-hetero) is 1. The third-order valence-corrected chi connectivity index (χ3v) is 2.56. The molecule has 0 bridgehead atoms. The van der Waals surface area contributed by atoms with E-state index in [9.17, 15) is 4.79 Å². The second kappa shape index (κ2) is 9.66. The first-order valence-electron chi connectivity index (χ1n) is 5.45. The number of nitrogens with zero attached hydrogens (tertiary/aromatic N) is 1. The fourth-order valence-electron chi connectivity index (χ4n) is 0.922. The van der Waals surface area contributed by atoms with Gasteiger partial charge < -0.3 is 10.2 Å². The molecule has 0 rings (SSSR count). The number of carbonyl (C=O) groups excluding carboxylic acids is 1. The van der Waals surface area contributed by atoms with E-state index in [-0.39, 0.29) is 12.4 Å². The highest BCUT2D eigenvalue weighted by atomic mass is 32.2. The number of carbonyl (C=O) groups is 1. The summed E-state index contributed by atoms with van der Waals surface area (Å²) in [4.78, 5) is 16.2. The zero-order chi connectivity index (χ0) is 12.4. The van der Waals surface area contributed by atoms with E-state index >= 15 is 0 Å². The van der Waals surface area contributed by atoms with Crippen LogP contribution in [0.1, 0.15) is 20.8 Å². The van der Waals surface area contributed by atoms with Crippen molar-refractivity contribution in [1.82, 2.24) is 5.32 Å². The van der Waals surface area contributed by atoms with Crippen molar-refractivity contribution in [1.29, 1.82) is 0 Å². The number of nitrogens with one attached hydrogen (secondary N) is 1. The van der Waals surface area contributed by atoms with Gasteiger partial charge in [-0.2, -0.15) is 11.8 Å². The van der Waals surface area contributed by atoms with Gasteiger partial charge in [-0.25, -0.2) is 0 Å². The number of thioether (sulfide) groups is 1. The Balaban J connectivity index is 3.52. The summed E-state index contributed by atoms with van der Waals surface area (Å²) < 4.78 is 0. The molecule has 0 radical (unpaired) electrons. The Labute approximate surface area is 102 Å². The molecule has 0 saturated carbocycles. The molecule has 0 fully saturated rings. The van der Waals surface area contributed by atoms with E-state index in [2.05, 4.69) is 17.4 Å². The van der Waals surface area contributed by atoms with E-state index in [1.54, 1.807) is 18.0 Å². The van der Waals surface area contributed by atoms with Crippen LogP contribution in [0.25, 0.3) is 0 Å². The van der Waals surface area contributed by atoms with Crippen molar-refractivity contribution in [2.24, 2.45) is 11.1 Å². The lowest BCUT2D eigenvalue weighted by Gasteiger charge is -2.10. The largest absolute Gasteiger partial charge is 0.388 e.